The molecule has 1 saturated carbocycles. The van der Waals surface area contributed by atoms with E-state index in [-0.39, 0.29) is 24.4 Å². The van der Waals surface area contributed by atoms with Crippen LogP contribution in [0.5, 0.6) is 0 Å². The van der Waals surface area contributed by atoms with Gasteiger partial charge in [-0.3, -0.25) is 9.59 Å². The number of nitrogens with zero attached hydrogens (tertiary/aromatic N) is 4. The second kappa shape index (κ2) is 10.5. The quantitative estimate of drug-likeness (QED) is 0.296. The topological polar surface area (TPSA) is 98.2 Å². The van der Waals surface area contributed by atoms with Gasteiger partial charge in [-0.1, -0.05) is 48.5 Å². The van der Waals surface area contributed by atoms with Gasteiger partial charge in [0.25, 0.3) is 5.91 Å². The van der Waals surface area contributed by atoms with E-state index in [0.29, 0.717) is 16.1 Å². The average Bonchev–Trinajstić information content (AvgIpc) is 3.22. The Balaban J connectivity index is 2.00. The predicted octanol–water partition coefficient (Wildman–Crippen LogP) is 4.96. The van der Waals surface area contributed by atoms with E-state index in [0.717, 1.165) is 32.1 Å². The van der Waals surface area contributed by atoms with Gasteiger partial charge in [-0.2, -0.15) is 0 Å². The molecule has 1 atom stereocenters. The molecule has 1 unspecified atom stereocenters. The molecule has 1 heterocycles. The van der Waals surface area contributed by atoms with Crippen LogP contribution in [0, 0.1) is 12.3 Å². The Morgan fingerprint density at radius 2 is 2.00 bits per heavy atom. The summed E-state index contributed by atoms with van der Waals surface area (Å²) in [5.74, 6) is 1.84. The highest BCUT2D eigenvalue weighted by molar-refractivity contribution is 7.10. The SMILES string of the molecule is C#CCN(C(=O)c1ccccc1)C(C(=O)NC1CCCCC1)c1sccc1N=[N+]=[N-]. The maximum absolute atomic E-state index is 13.4. The molecule has 8 heteroatoms. The highest BCUT2D eigenvalue weighted by Crippen LogP contribution is 2.36. The van der Waals surface area contributed by atoms with E-state index in [1.807, 2.05) is 6.07 Å². The molecule has 1 aliphatic carbocycles. The van der Waals surface area contributed by atoms with Gasteiger partial charge in [0.15, 0.2) is 0 Å². The molecule has 154 valence electrons. The van der Waals surface area contributed by atoms with Crippen LogP contribution >= 0.6 is 11.3 Å². The van der Waals surface area contributed by atoms with Crippen LogP contribution in [0.15, 0.2) is 46.9 Å². The molecule has 0 aliphatic heterocycles. The van der Waals surface area contributed by atoms with Crippen LogP contribution in [0.1, 0.15) is 53.4 Å². The summed E-state index contributed by atoms with van der Waals surface area (Å²) in [6, 6.07) is 9.43. The highest BCUT2D eigenvalue weighted by atomic mass is 32.1. The number of hydrogen-bond acceptors (Lipinski definition) is 4. The van der Waals surface area contributed by atoms with Gasteiger partial charge in [0.1, 0.15) is 6.04 Å². The number of terminal acetylenes is 1. The Morgan fingerprint density at radius 3 is 2.67 bits per heavy atom. The summed E-state index contributed by atoms with van der Waals surface area (Å²) >= 11 is 1.27. The van der Waals surface area contributed by atoms with E-state index in [1.165, 1.54) is 16.2 Å². The minimum Gasteiger partial charge on any atom is -0.351 e. The number of nitrogens with one attached hydrogen (secondary N) is 1. The van der Waals surface area contributed by atoms with Crippen molar-refractivity contribution >= 4 is 28.8 Å². The molecule has 2 aromatic rings. The normalized spacial score (nSPS) is 14.8. The van der Waals surface area contributed by atoms with E-state index in [2.05, 4.69) is 21.3 Å². The molecule has 3 rings (SSSR count). The van der Waals surface area contributed by atoms with Crippen LogP contribution < -0.4 is 5.32 Å². The summed E-state index contributed by atoms with van der Waals surface area (Å²) in [6.07, 6.45) is 10.7. The van der Waals surface area contributed by atoms with Crippen molar-refractivity contribution in [3.63, 3.8) is 0 Å². The summed E-state index contributed by atoms with van der Waals surface area (Å²) in [4.78, 5) is 31.4. The molecule has 30 heavy (non-hydrogen) atoms. The van der Waals surface area contributed by atoms with Gasteiger partial charge in [-0.25, -0.2) is 0 Å². The fraction of sp³-hybridized carbons (Fsp3) is 0.364. The summed E-state index contributed by atoms with van der Waals surface area (Å²) < 4.78 is 0. The van der Waals surface area contributed by atoms with Gasteiger partial charge in [-0.15, -0.1) is 17.8 Å². The van der Waals surface area contributed by atoms with Gasteiger partial charge < -0.3 is 10.2 Å². The summed E-state index contributed by atoms with van der Waals surface area (Å²) in [7, 11) is 0. The smallest absolute Gasteiger partial charge is 0.255 e. The molecule has 1 aliphatic rings. The zero-order valence-corrected chi connectivity index (χ0v) is 17.3. The van der Waals surface area contributed by atoms with Crippen molar-refractivity contribution in [1.29, 1.82) is 0 Å². The molecule has 0 radical (unpaired) electrons. The zero-order chi connectivity index (χ0) is 21.3. The van der Waals surface area contributed by atoms with Gasteiger partial charge in [0.05, 0.1) is 12.2 Å². The van der Waals surface area contributed by atoms with Crippen LogP contribution in [0.2, 0.25) is 0 Å². The molecule has 1 aromatic heterocycles. The Bertz CT molecular complexity index is 969. The number of carbonyl (C=O) groups is 2. The minimum absolute atomic E-state index is 0.0515. The van der Waals surface area contributed by atoms with E-state index < -0.39 is 6.04 Å². The highest BCUT2D eigenvalue weighted by Gasteiger charge is 2.35. The lowest BCUT2D eigenvalue weighted by atomic mass is 9.95. The molecular weight excluding hydrogens is 398 g/mol. The van der Waals surface area contributed by atoms with Crippen LogP contribution in [0.3, 0.4) is 0 Å². The second-order valence-corrected chi connectivity index (χ2v) is 8.06. The minimum atomic E-state index is -0.976. The first kappa shape index (κ1) is 21.4. The predicted molar refractivity (Wildman–Crippen MR) is 117 cm³/mol. The van der Waals surface area contributed by atoms with E-state index in [4.69, 9.17) is 12.0 Å². The van der Waals surface area contributed by atoms with Crippen molar-refractivity contribution in [2.45, 2.75) is 44.2 Å². The third-order valence-corrected chi connectivity index (χ3v) is 6.09. The second-order valence-electron chi connectivity index (χ2n) is 7.11. The van der Waals surface area contributed by atoms with E-state index in [9.17, 15) is 9.59 Å². The van der Waals surface area contributed by atoms with Gasteiger partial charge in [0.2, 0.25) is 5.91 Å². The number of amides is 2. The number of carbonyl (C=O) groups excluding carboxylic acids is 2. The van der Waals surface area contributed by atoms with Crippen LogP contribution in [0.4, 0.5) is 5.69 Å². The molecule has 0 spiro atoms. The Labute approximate surface area is 179 Å². The molecule has 0 bridgehead atoms. The maximum atomic E-state index is 13.4. The van der Waals surface area contributed by atoms with Crippen LogP contribution in [-0.4, -0.2) is 29.3 Å². The van der Waals surface area contributed by atoms with Gasteiger partial charge >= 0.3 is 0 Å². The first-order chi connectivity index (χ1) is 14.7. The summed E-state index contributed by atoms with van der Waals surface area (Å²) in [5, 5.41) is 8.54. The zero-order valence-electron chi connectivity index (χ0n) is 16.5. The standard InChI is InChI=1S/C22H23N5O2S/c1-2-14-27(22(29)16-9-5-3-6-10-16)19(20-18(25-26-23)13-15-30-20)21(28)24-17-11-7-4-8-12-17/h1,3,5-6,9-10,13,15,17,19H,4,7-8,11-12,14H2,(H,24,28). The van der Waals surface area contributed by atoms with E-state index in [1.54, 1.807) is 35.7 Å². The lowest BCUT2D eigenvalue weighted by Crippen LogP contribution is -2.47. The van der Waals surface area contributed by atoms with Crippen molar-refractivity contribution in [3.05, 3.63) is 62.7 Å². The van der Waals surface area contributed by atoms with Crippen molar-refractivity contribution in [2.75, 3.05) is 6.54 Å². The lowest BCUT2D eigenvalue weighted by molar-refractivity contribution is -0.126. The van der Waals surface area contributed by atoms with Crippen LogP contribution in [0.25, 0.3) is 10.4 Å². The molecule has 1 fully saturated rings. The summed E-state index contributed by atoms with van der Waals surface area (Å²) in [6.45, 7) is -0.0515. The Kier molecular flexibility index (Phi) is 7.50. The van der Waals surface area contributed by atoms with Crippen molar-refractivity contribution < 1.29 is 9.59 Å². The molecule has 1 N–H and O–H groups in total. The van der Waals surface area contributed by atoms with Crippen molar-refractivity contribution in [2.24, 2.45) is 5.11 Å². The maximum Gasteiger partial charge on any atom is 0.255 e. The number of hydrogen-bond donors (Lipinski definition) is 1. The lowest BCUT2D eigenvalue weighted by Gasteiger charge is -2.32. The van der Waals surface area contributed by atoms with Crippen molar-refractivity contribution in [3.8, 4) is 12.3 Å². The van der Waals surface area contributed by atoms with Crippen LogP contribution in [-0.2, 0) is 4.79 Å². The molecule has 0 saturated heterocycles. The molecular formula is C22H23N5O2S. The van der Waals surface area contributed by atoms with Gasteiger partial charge in [-0.05, 0) is 42.0 Å². The number of azide groups is 1. The van der Waals surface area contributed by atoms with Gasteiger partial charge in [0, 0.05) is 21.4 Å². The first-order valence-electron chi connectivity index (χ1n) is 9.88. The molecule has 7 nitrogen and oxygen atoms in total. The fourth-order valence-electron chi connectivity index (χ4n) is 3.70. The Morgan fingerprint density at radius 1 is 1.27 bits per heavy atom. The third-order valence-electron chi connectivity index (χ3n) is 5.13. The Hall–Kier alpha value is -3.27. The van der Waals surface area contributed by atoms with E-state index >= 15 is 0 Å². The number of rotatable bonds is 7. The number of thiophene rings is 1. The van der Waals surface area contributed by atoms with Crippen molar-refractivity contribution in [1.82, 2.24) is 10.2 Å². The fourth-order valence-corrected chi connectivity index (χ4v) is 4.64. The monoisotopic (exact) mass is 421 g/mol. The number of benzene rings is 1. The first-order valence-corrected chi connectivity index (χ1v) is 10.8. The summed E-state index contributed by atoms with van der Waals surface area (Å²) in [5.41, 5.74) is 9.69. The average molecular weight is 422 g/mol. The largest absolute Gasteiger partial charge is 0.351 e. The molecule has 2 amide bonds. The third kappa shape index (κ3) is 5.01. The molecule has 1 aromatic carbocycles.